The van der Waals surface area contributed by atoms with Crippen LogP contribution in [-0.2, 0) is 0 Å². The van der Waals surface area contributed by atoms with Crippen molar-refractivity contribution in [3.8, 4) is 39.1 Å². The molecule has 0 unspecified atom stereocenters. The fraction of sp³-hybridized carbons (Fsp3) is 0. The molecule has 0 spiro atoms. The molecule has 0 aliphatic heterocycles. The second-order valence-corrected chi connectivity index (χ2v) is 11.3. The summed E-state index contributed by atoms with van der Waals surface area (Å²) in [5, 5.41) is 4.74. The van der Waals surface area contributed by atoms with Crippen molar-refractivity contribution < 1.29 is 4.42 Å². The number of benzene rings is 6. The Labute approximate surface area is 254 Å². The second-order valence-electron chi connectivity index (χ2n) is 11.3. The molecule has 3 heteroatoms. The van der Waals surface area contributed by atoms with E-state index in [9.17, 15) is 0 Å². The fourth-order valence-electron chi connectivity index (χ4n) is 6.59. The number of para-hydroxylation sites is 2. The molecule has 9 rings (SSSR count). The van der Waals surface area contributed by atoms with Gasteiger partial charge in [-0.1, -0.05) is 91.0 Å². The van der Waals surface area contributed by atoms with Gasteiger partial charge in [-0.2, -0.15) is 0 Å². The number of aromatic nitrogens is 2. The zero-order chi connectivity index (χ0) is 29.0. The molecule has 3 aromatic heterocycles. The number of nitrogens with zero attached hydrogens (tertiary/aromatic N) is 2. The third-order valence-electron chi connectivity index (χ3n) is 8.68. The van der Waals surface area contributed by atoms with E-state index >= 15 is 0 Å². The standard InChI is InChI=1S/C41H26N2O/c1-3-16-38-34(14-1)35-15-2-4-17-39(35)43(38)33-13-7-12-31(24-33)29-10-5-8-27(22-29)28-9-6-11-30(23-28)32-18-19-40-37(25-32)36-20-21-42-26-41(36)44-40/h1-26H. The average molecular weight is 563 g/mol. The maximum atomic E-state index is 6.00. The van der Waals surface area contributed by atoms with Gasteiger partial charge in [0.15, 0.2) is 5.58 Å². The number of rotatable bonds is 4. The van der Waals surface area contributed by atoms with Gasteiger partial charge in [-0.15, -0.1) is 0 Å². The van der Waals surface area contributed by atoms with Crippen molar-refractivity contribution in [3.63, 3.8) is 0 Å². The summed E-state index contributed by atoms with van der Waals surface area (Å²) in [4.78, 5) is 4.21. The van der Waals surface area contributed by atoms with Crippen LogP contribution in [0.4, 0.5) is 0 Å². The zero-order valence-corrected chi connectivity index (χ0v) is 23.8. The van der Waals surface area contributed by atoms with E-state index in [1.807, 2.05) is 12.3 Å². The highest BCUT2D eigenvalue weighted by Crippen LogP contribution is 2.36. The van der Waals surface area contributed by atoms with Crippen molar-refractivity contribution in [2.45, 2.75) is 0 Å². The smallest absolute Gasteiger partial charge is 0.153 e. The molecule has 0 saturated heterocycles. The van der Waals surface area contributed by atoms with E-state index in [1.165, 1.54) is 49.6 Å². The average Bonchev–Trinajstić information content (AvgIpc) is 3.64. The quantitative estimate of drug-likeness (QED) is 0.214. The van der Waals surface area contributed by atoms with Crippen molar-refractivity contribution in [1.29, 1.82) is 0 Å². The summed E-state index contributed by atoms with van der Waals surface area (Å²) in [6, 6.07) is 52.2. The molecule has 0 bridgehead atoms. The van der Waals surface area contributed by atoms with Crippen molar-refractivity contribution in [3.05, 3.63) is 158 Å². The molecule has 0 fully saturated rings. The normalized spacial score (nSPS) is 11.6. The number of pyridine rings is 1. The Kier molecular flexibility index (Phi) is 5.50. The van der Waals surface area contributed by atoms with Gasteiger partial charge >= 0.3 is 0 Å². The largest absolute Gasteiger partial charge is 0.454 e. The third-order valence-corrected chi connectivity index (χ3v) is 8.68. The molecule has 0 aliphatic carbocycles. The highest BCUT2D eigenvalue weighted by Gasteiger charge is 2.13. The van der Waals surface area contributed by atoms with Gasteiger partial charge in [0.1, 0.15) is 5.58 Å². The highest BCUT2D eigenvalue weighted by molar-refractivity contribution is 6.09. The van der Waals surface area contributed by atoms with Gasteiger partial charge in [0, 0.05) is 33.4 Å². The Morgan fingerprint density at radius 1 is 0.409 bits per heavy atom. The van der Waals surface area contributed by atoms with Gasteiger partial charge in [-0.3, -0.25) is 4.98 Å². The van der Waals surface area contributed by atoms with Crippen molar-refractivity contribution in [2.24, 2.45) is 0 Å². The molecule has 3 heterocycles. The Bertz CT molecular complexity index is 2460. The molecule has 9 aromatic rings. The molecule has 0 aliphatic rings. The number of fused-ring (bicyclic) bond motifs is 6. The maximum Gasteiger partial charge on any atom is 0.153 e. The summed E-state index contributed by atoms with van der Waals surface area (Å²) in [5.74, 6) is 0. The SMILES string of the molecule is c1cc(-c2cccc(-c3ccc4oc5cnccc5c4c3)c2)cc(-c2cccc(-n3c4ccccc4c4ccccc43)c2)c1. The Balaban J connectivity index is 1.11. The zero-order valence-electron chi connectivity index (χ0n) is 23.8. The van der Waals surface area contributed by atoms with Gasteiger partial charge in [-0.05, 0) is 88.0 Å². The van der Waals surface area contributed by atoms with E-state index in [0.717, 1.165) is 33.2 Å². The predicted molar refractivity (Wildman–Crippen MR) is 182 cm³/mol. The highest BCUT2D eigenvalue weighted by atomic mass is 16.3. The first-order valence-electron chi connectivity index (χ1n) is 14.9. The third kappa shape index (κ3) is 3.94. The van der Waals surface area contributed by atoms with Gasteiger partial charge in [0.05, 0.1) is 17.2 Å². The molecule has 0 atom stereocenters. The minimum Gasteiger partial charge on any atom is -0.454 e. The minimum atomic E-state index is 0.812. The van der Waals surface area contributed by atoms with Crippen LogP contribution in [0.1, 0.15) is 0 Å². The lowest BCUT2D eigenvalue weighted by atomic mass is 9.95. The monoisotopic (exact) mass is 562 g/mol. The van der Waals surface area contributed by atoms with Gasteiger partial charge < -0.3 is 8.98 Å². The first-order chi connectivity index (χ1) is 21.8. The molecule has 0 saturated carbocycles. The number of furan rings is 1. The van der Waals surface area contributed by atoms with Gasteiger partial charge in [0.2, 0.25) is 0 Å². The lowest BCUT2D eigenvalue weighted by Crippen LogP contribution is -1.94. The van der Waals surface area contributed by atoms with E-state index < -0.39 is 0 Å². The van der Waals surface area contributed by atoms with Gasteiger partial charge in [-0.25, -0.2) is 0 Å². The van der Waals surface area contributed by atoms with Crippen molar-refractivity contribution in [2.75, 3.05) is 0 Å². The van der Waals surface area contributed by atoms with Crippen molar-refractivity contribution >= 4 is 43.7 Å². The minimum absolute atomic E-state index is 0.812. The summed E-state index contributed by atoms with van der Waals surface area (Å²) < 4.78 is 8.37. The molecule has 0 N–H and O–H groups in total. The van der Waals surface area contributed by atoms with E-state index in [2.05, 4.69) is 149 Å². The lowest BCUT2D eigenvalue weighted by Gasteiger charge is -2.12. The van der Waals surface area contributed by atoms with E-state index in [0.29, 0.717) is 0 Å². The molecule has 0 amide bonds. The van der Waals surface area contributed by atoms with Crippen LogP contribution in [0.25, 0.3) is 82.8 Å². The van der Waals surface area contributed by atoms with E-state index in [-0.39, 0.29) is 0 Å². The first kappa shape index (κ1) is 24.6. The van der Waals surface area contributed by atoms with Crippen LogP contribution in [-0.4, -0.2) is 9.55 Å². The first-order valence-corrected chi connectivity index (χ1v) is 14.9. The van der Waals surface area contributed by atoms with Crippen LogP contribution < -0.4 is 0 Å². The molecular weight excluding hydrogens is 536 g/mol. The predicted octanol–water partition coefficient (Wildman–Crippen LogP) is 11.1. The van der Waals surface area contributed by atoms with Crippen LogP contribution >= 0.6 is 0 Å². The Morgan fingerprint density at radius 2 is 0.977 bits per heavy atom. The number of hydrogen-bond donors (Lipinski definition) is 0. The van der Waals surface area contributed by atoms with Gasteiger partial charge in [0.25, 0.3) is 0 Å². The summed E-state index contributed by atoms with van der Waals surface area (Å²) in [6.07, 6.45) is 3.59. The molecule has 3 nitrogen and oxygen atoms in total. The van der Waals surface area contributed by atoms with Crippen LogP contribution in [0, 0.1) is 0 Å². The molecular formula is C41H26N2O. The van der Waals surface area contributed by atoms with Crippen molar-refractivity contribution in [1.82, 2.24) is 9.55 Å². The van der Waals surface area contributed by atoms with Crippen LogP contribution in [0.5, 0.6) is 0 Å². The van der Waals surface area contributed by atoms with Crippen LogP contribution in [0.3, 0.4) is 0 Å². The summed E-state index contributed by atoms with van der Waals surface area (Å²) >= 11 is 0. The summed E-state index contributed by atoms with van der Waals surface area (Å²) in [6.45, 7) is 0. The Hall–Kier alpha value is -5.93. The second kappa shape index (κ2) is 9.82. The molecule has 206 valence electrons. The fourth-order valence-corrected chi connectivity index (χ4v) is 6.59. The molecule has 6 aromatic carbocycles. The van der Waals surface area contributed by atoms with Crippen LogP contribution in [0.15, 0.2) is 162 Å². The van der Waals surface area contributed by atoms with E-state index in [1.54, 1.807) is 6.20 Å². The topological polar surface area (TPSA) is 31.0 Å². The number of hydrogen-bond acceptors (Lipinski definition) is 2. The summed E-state index contributed by atoms with van der Waals surface area (Å²) in [7, 11) is 0. The maximum absolute atomic E-state index is 6.00. The van der Waals surface area contributed by atoms with Crippen LogP contribution in [0.2, 0.25) is 0 Å². The summed E-state index contributed by atoms with van der Waals surface area (Å²) in [5.41, 5.74) is 12.4. The lowest BCUT2D eigenvalue weighted by molar-refractivity contribution is 0.667. The molecule has 0 radical (unpaired) electrons. The molecule has 44 heavy (non-hydrogen) atoms. The van der Waals surface area contributed by atoms with E-state index in [4.69, 9.17) is 4.42 Å². The Morgan fingerprint density at radius 3 is 1.64 bits per heavy atom.